The number of amides is 1. The Bertz CT molecular complexity index is 1090. The fraction of sp³-hybridized carbons (Fsp3) is 0.105. The van der Waals surface area contributed by atoms with Crippen LogP contribution in [-0.4, -0.2) is 35.9 Å². The van der Waals surface area contributed by atoms with E-state index in [0.29, 0.717) is 18.2 Å². The van der Waals surface area contributed by atoms with E-state index in [2.05, 4.69) is 25.8 Å². The lowest BCUT2D eigenvalue weighted by atomic mass is 10.2. The first kappa shape index (κ1) is 17.5. The van der Waals surface area contributed by atoms with Crippen LogP contribution >= 0.6 is 0 Å². The fourth-order valence-electron chi connectivity index (χ4n) is 2.70. The number of carbonyl (C=O) groups excluding carboxylic acids is 1. The van der Waals surface area contributed by atoms with E-state index in [-0.39, 0.29) is 18.3 Å². The van der Waals surface area contributed by atoms with Gasteiger partial charge >= 0.3 is 0 Å². The summed E-state index contributed by atoms with van der Waals surface area (Å²) in [5.41, 5.74) is 1.56. The zero-order valence-corrected chi connectivity index (χ0v) is 14.7. The number of hydrogen-bond acceptors (Lipinski definition) is 5. The first-order chi connectivity index (χ1) is 13.7. The van der Waals surface area contributed by atoms with Gasteiger partial charge in [0.25, 0.3) is 0 Å². The molecule has 1 amide bonds. The first-order valence-electron chi connectivity index (χ1n) is 8.57. The van der Waals surface area contributed by atoms with Gasteiger partial charge in [0.05, 0.1) is 12.7 Å². The molecule has 0 saturated carbocycles. The molecule has 0 unspecified atom stereocenters. The molecule has 0 radical (unpaired) electrons. The number of rotatable bonds is 6. The zero-order valence-electron chi connectivity index (χ0n) is 14.7. The second kappa shape index (κ2) is 7.78. The maximum absolute atomic E-state index is 13.4. The lowest BCUT2D eigenvalue weighted by Crippen LogP contribution is -2.22. The molecule has 0 aliphatic heterocycles. The van der Waals surface area contributed by atoms with E-state index in [9.17, 15) is 9.18 Å². The molecule has 4 rings (SSSR count). The highest BCUT2D eigenvalue weighted by Crippen LogP contribution is 2.13. The molecular weight excluding hydrogens is 361 g/mol. The second-order valence-corrected chi connectivity index (χ2v) is 6.06. The monoisotopic (exact) mass is 377 g/mol. The molecule has 2 aromatic heterocycles. The highest BCUT2D eigenvalue weighted by molar-refractivity contribution is 5.89. The van der Waals surface area contributed by atoms with Crippen LogP contribution in [0.4, 0.5) is 10.2 Å². The van der Waals surface area contributed by atoms with Crippen LogP contribution in [0.1, 0.15) is 5.56 Å². The molecule has 140 valence electrons. The van der Waals surface area contributed by atoms with Gasteiger partial charge in [0, 0.05) is 11.6 Å². The van der Waals surface area contributed by atoms with E-state index < -0.39 is 0 Å². The third-order valence-electron chi connectivity index (χ3n) is 3.98. The van der Waals surface area contributed by atoms with Crippen molar-refractivity contribution < 1.29 is 9.18 Å². The summed E-state index contributed by atoms with van der Waals surface area (Å²) in [5, 5.41) is 19.0. The zero-order chi connectivity index (χ0) is 19.3. The molecule has 28 heavy (non-hydrogen) atoms. The summed E-state index contributed by atoms with van der Waals surface area (Å²) in [5.74, 6) is 0.307. The van der Waals surface area contributed by atoms with Gasteiger partial charge < -0.3 is 5.32 Å². The molecule has 2 aromatic carbocycles. The van der Waals surface area contributed by atoms with Crippen molar-refractivity contribution in [2.45, 2.75) is 13.1 Å². The van der Waals surface area contributed by atoms with Gasteiger partial charge in [-0.15, -0.1) is 10.2 Å². The number of halogens is 1. The Hall–Kier alpha value is -3.88. The normalized spacial score (nSPS) is 10.8. The van der Waals surface area contributed by atoms with Crippen LogP contribution in [0.15, 0.2) is 66.9 Å². The quantitative estimate of drug-likeness (QED) is 0.557. The van der Waals surface area contributed by atoms with Gasteiger partial charge in [0.2, 0.25) is 11.7 Å². The Labute approximate surface area is 159 Å². The Balaban J connectivity index is 1.41. The van der Waals surface area contributed by atoms with Crippen LogP contribution in [0.2, 0.25) is 0 Å². The highest BCUT2D eigenvalue weighted by Gasteiger charge is 2.12. The molecule has 0 spiro atoms. The van der Waals surface area contributed by atoms with E-state index in [4.69, 9.17) is 0 Å². The Morgan fingerprint density at radius 1 is 1.07 bits per heavy atom. The summed E-state index contributed by atoms with van der Waals surface area (Å²) in [6, 6.07) is 17.3. The Morgan fingerprint density at radius 3 is 2.75 bits per heavy atom. The summed E-state index contributed by atoms with van der Waals surface area (Å²) in [4.78, 5) is 13.6. The minimum Gasteiger partial charge on any atom is -0.309 e. The average Bonchev–Trinajstić information content (AvgIpc) is 3.32. The van der Waals surface area contributed by atoms with Gasteiger partial charge in [-0.3, -0.25) is 4.79 Å². The maximum atomic E-state index is 13.4. The van der Waals surface area contributed by atoms with Gasteiger partial charge in [-0.2, -0.15) is 9.90 Å². The number of aromatic nitrogens is 6. The van der Waals surface area contributed by atoms with E-state index >= 15 is 0 Å². The summed E-state index contributed by atoms with van der Waals surface area (Å²) in [6.45, 7) is 0.241. The predicted molar refractivity (Wildman–Crippen MR) is 99.6 cm³/mol. The molecule has 0 aliphatic carbocycles. The first-order valence-corrected chi connectivity index (χ1v) is 8.57. The molecule has 0 atom stereocenters. The van der Waals surface area contributed by atoms with Crippen LogP contribution in [-0.2, 0) is 17.9 Å². The highest BCUT2D eigenvalue weighted by atomic mass is 19.1. The van der Waals surface area contributed by atoms with Crippen molar-refractivity contribution in [3.63, 3.8) is 0 Å². The largest absolute Gasteiger partial charge is 0.309 e. The number of benzene rings is 2. The van der Waals surface area contributed by atoms with Crippen LogP contribution in [0.3, 0.4) is 0 Å². The molecule has 0 aliphatic rings. The molecule has 0 bridgehead atoms. The minimum atomic E-state index is -0.321. The third-order valence-corrected chi connectivity index (χ3v) is 3.98. The second-order valence-electron chi connectivity index (χ2n) is 6.06. The predicted octanol–water partition coefficient (Wildman–Crippen LogP) is 2.36. The number of nitrogens with zero attached hydrogens (tertiary/aromatic N) is 6. The Morgan fingerprint density at radius 2 is 1.93 bits per heavy atom. The summed E-state index contributed by atoms with van der Waals surface area (Å²) in [6.07, 6.45) is 1.57. The number of tetrazole rings is 1. The number of anilines is 1. The smallest absolute Gasteiger partial charge is 0.249 e. The molecule has 0 saturated heterocycles. The minimum absolute atomic E-state index is 0.0923. The van der Waals surface area contributed by atoms with Crippen LogP contribution in [0.25, 0.3) is 11.4 Å². The standard InChI is InChI=1S/C19H16FN7O/c20-16-8-4-5-14(11-16)12-26-17(9-10-21-26)22-18(28)13-27-24-19(23-25-27)15-6-2-1-3-7-15/h1-11H,12-13H2,(H,22,28). The third kappa shape index (κ3) is 4.09. The van der Waals surface area contributed by atoms with Crippen molar-refractivity contribution in [3.05, 3.63) is 78.2 Å². The van der Waals surface area contributed by atoms with E-state index in [0.717, 1.165) is 11.1 Å². The molecule has 2 heterocycles. The molecule has 1 N–H and O–H groups in total. The summed E-state index contributed by atoms with van der Waals surface area (Å²) < 4.78 is 14.9. The fourth-order valence-corrected chi connectivity index (χ4v) is 2.70. The molecule has 0 fully saturated rings. The number of hydrogen-bond donors (Lipinski definition) is 1. The van der Waals surface area contributed by atoms with Crippen LogP contribution in [0.5, 0.6) is 0 Å². The van der Waals surface area contributed by atoms with Crippen molar-refractivity contribution in [3.8, 4) is 11.4 Å². The topological polar surface area (TPSA) is 90.5 Å². The lowest BCUT2D eigenvalue weighted by Gasteiger charge is -2.09. The Kier molecular flexibility index (Phi) is 4.87. The lowest BCUT2D eigenvalue weighted by molar-refractivity contribution is -0.117. The van der Waals surface area contributed by atoms with Crippen molar-refractivity contribution in [2.75, 3.05) is 5.32 Å². The number of nitrogens with one attached hydrogen (secondary N) is 1. The van der Waals surface area contributed by atoms with Gasteiger partial charge in [0.1, 0.15) is 18.2 Å². The summed E-state index contributed by atoms with van der Waals surface area (Å²) >= 11 is 0. The van der Waals surface area contributed by atoms with E-state index in [1.54, 1.807) is 29.1 Å². The van der Waals surface area contributed by atoms with Crippen molar-refractivity contribution in [1.29, 1.82) is 0 Å². The van der Waals surface area contributed by atoms with Crippen LogP contribution < -0.4 is 5.32 Å². The van der Waals surface area contributed by atoms with E-state index in [1.807, 2.05) is 30.3 Å². The van der Waals surface area contributed by atoms with Crippen LogP contribution in [0, 0.1) is 5.82 Å². The molecule has 4 aromatic rings. The average molecular weight is 377 g/mol. The molecule has 8 nitrogen and oxygen atoms in total. The SMILES string of the molecule is O=C(Cn1nnc(-c2ccccc2)n1)Nc1ccnn1Cc1cccc(F)c1. The van der Waals surface area contributed by atoms with Gasteiger partial charge in [-0.1, -0.05) is 42.5 Å². The molecule has 9 heteroatoms. The molecular formula is C19H16FN7O. The summed E-state index contributed by atoms with van der Waals surface area (Å²) in [7, 11) is 0. The van der Waals surface area contributed by atoms with E-state index in [1.165, 1.54) is 16.9 Å². The van der Waals surface area contributed by atoms with Gasteiger partial charge in [-0.25, -0.2) is 9.07 Å². The maximum Gasteiger partial charge on any atom is 0.249 e. The van der Waals surface area contributed by atoms with Crippen molar-refractivity contribution in [1.82, 2.24) is 30.0 Å². The van der Waals surface area contributed by atoms with Crippen molar-refractivity contribution >= 4 is 11.7 Å². The van der Waals surface area contributed by atoms with Gasteiger partial charge in [0.15, 0.2) is 0 Å². The van der Waals surface area contributed by atoms with Crippen molar-refractivity contribution in [2.24, 2.45) is 0 Å². The van der Waals surface area contributed by atoms with Gasteiger partial charge in [-0.05, 0) is 22.9 Å². The number of carbonyl (C=O) groups is 1.